The molecule has 0 radical (unpaired) electrons. The molecule has 0 amide bonds. The highest BCUT2D eigenvalue weighted by Crippen LogP contribution is 2.43. The van der Waals surface area contributed by atoms with E-state index in [1.807, 2.05) is 42.7 Å². The third-order valence-electron chi connectivity index (χ3n) is 8.73. The van der Waals surface area contributed by atoms with Gasteiger partial charge in [-0.1, -0.05) is 42.5 Å². The predicted octanol–water partition coefficient (Wildman–Crippen LogP) is 11.4. The second-order valence-corrected chi connectivity index (χ2v) is 11.2. The summed E-state index contributed by atoms with van der Waals surface area (Å²) in [6.45, 7) is 0. The van der Waals surface area contributed by atoms with E-state index >= 15 is 0 Å². The number of aromatic nitrogens is 1. The van der Waals surface area contributed by atoms with Gasteiger partial charge in [0.25, 0.3) is 0 Å². The molecule has 6 aromatic carbocycles. The van der Waals surface area contributed by atoms with E-state index in [2.05, 4.69) is 101 Å². The maximum atomic E-state index is 6.42. The zero-order valence-electron chi connectivity index (χ0n) is 23.3. The van der Waals surface area contributed by atoms with Gasteiger partial charge in [-0.05, 0) is 84.2 Å². The summed E-state index contributed by atoms with van der Waals surface area (Å²) in [5.74, 6) is 0. The van der Waals surface area contributed by atoms with E-state index in [1.54, 1.807) is 0 Å². The van der Waals surface area contributed by atoms with Gasteiger partial charge in [-0.3, -0.25) is 4.98 Å². The van der Waals surface area contributed by atoms with E-state index in [4.69, 9.17) is 13.3 Å². The van der Waals surface area contributed by atoms with Gasteiger partial charge >= 0.3 is 0 Å². The number of hydrogen-bond acceptors (Lipinski definition) is 5. The normalized spacial score (nSPS) is 12.1. The van der Waals surface area contributed by atoms with E-state index in [-0.39, 0.29) is 0 Å². The molecule has 0 N–H and O–H groups in total. The number of rotatable bonds is 3. The molecule has 0 unspecified atom stereocenters. The Balaban J connectivity index is 1.24. The van der Waals surface area contributed by atoms with Crippen LogP contribution in [0.15, 0.2) is 147 Å². The summed E-state index contributed by atoms with van der Waals surface area (Å²) in [4.78, 5) is 6.65. The van der Waals surface area contributed by atoms with Crippen LogP contribution in [0.3, 0.4) is 0 Å². The van der Waals surface area contributed by atoms with Crippen molar-refractivity contribution >= 4 is 93.7 Å². The first kappa shape index (κ1) is 23.5. The molecule has 10 aromatic rings. The van der Waals surface area contributed by atoms with E-state index in [9.17, 15) is 0 Å². The Morgan fingerprint density at radius 1 is 0.409 bits per heavy atom. The molecule has 0 spiro atoms. The van der Waals surface area contributed by atoms with Crippen LogP contribution in [0.25, 0.3) is 76.6 Å². The van der Waals surface area contributed by atoms with Crippen molar-refractivity contribution in [2.75, 3.05) is 4.90 Å². The SMILES string of the molecule is c1ccc2c(c1)oc1ccc(N(c3ccc4oc5ccccc5c4c3)c3ccc4oc5c6cnccc6ccc5c4c3)cc12. The fourth-order valence-electron chi connectivity index (χ4n) is 6.68. The molecule has 0 bridgehead atoms. The van der Waals surface area contributed by atoms with Crippen molar-refractivity contribution in [3.63, 3.8) is 0 Å². The Labute approximate surface area is 250 Å². The standard InChI is InChI=1S/C39H22N2O3/c1-3-7-34-27(5-1)30-19-24(10-14-36(30)42-34)41(25-11-15-37-31(20-25)28-6-2-4-8-35(28)43-37)26-12-16-38-32(21-26)29-13-9-23-17-18-40-22-33(23)39(29)44-38/h1-22H. The van der Waals surface area contributed by atoms with Crippen molar-refractivity contribution in [2.24, 2.45) is 0 Å². The van der Waals surface area contributed by atoms with Crippen molar-refractivity contribution in [3.05, 3.63) is 134 Å². The topological polar surface area (TPSA) is 55.6 Å². The molecule has 0 atom stereocenters. The number of hydrogen-bond donors (Lipinski definition) is 0. The Morgan fingerprint density at radius 3 is 1.55 bits per heavy atom. The molecule has 206 valence electrons. The largest absolute Gasteiger partial charge is 0.456 e. The first-order valence-electron chi connectivity index (χ1n) is 14.6. The number of anilines is 3. The van der Waals surface area contributed by atoms with Crippen LogP contribution in [0.2, 0.25) is 0 Å². The minimum atomic E-state index is 0.840. The summed E-state index contributed by atoms with van der Waals surface area (Å²) in [5.41, 5.74) is 8.25. The number of pyridine rings is 1. The average molecular weight is 567 g/mol. The first-order valence-corrected chi connectivity index (χ1v) is 14.6. The lowest BCUT2D eigenvalue weighted by molar-refractivity contribution is 0.668. The van der Waals surface area contributed by atoms with Gasteiger partial charge in [-0.2, -0.15) is 0 Å². The molecule has 4 aromatic heterocycles. The lowest BCUT2D eigenvalue weighted by atomic mass is 10.1. The second kappa shape index (κ2) is 8.72. The van der Waals surface area contributed by atoms with Gasteiger partial charge in [0.2, 0.25) is 0 Å². The number of nitrogens with zero attached hydrogens (tertiary/aromatic N) is 2. The van der Waals surface area contributed by atoms with E-state index in [1.165, 1.54) is 0 Å². The summed E-state index contributed by atoms with van der Waals surface area (Å²) < 4.78 is 18.8. The van der Waals surface area contributed by atoms with E-state index < -0.39 is 0 Å². The molecule has 4 heterocycles. The van der Waals surface area contributed by atoms with E-state index in [0.717, 1.165) is 93.7 Å². The third-order valence-corrected chi connectivity index (χ3v) is 8.73. The van der Waals surface area contributed by atoms with Crippen molar-refractivity contribution in [1.82, 2.24) is 4.98 Å². The zero-order chi connectivity index (χ0) is 28.8. The van der Waals surface area contributed by atoms with Gasteiger partial charge < -0.3 is 18.2 Å². The first-order chi connectivity index (χ1) is 21.8. The predicted molar refractivity (Wildman–Crippen MR) is 178 cm³/mol. The molecular formula is C39H22N2O3. The summed E-state index contributed by atoms with van der Waals surface area (Å²) in [5, 5.41) is 8.57. The van der Waals surface area contributed by atoms with Gasteiger partial charge in [0.1, 0.15) is 33.5 Å². The summed E-state index contributed by atoms with van der Waals surface area (Å²) in [6.07, 6.45) is 3.69. The highest BCUT2D eigenvalue weighted by atomic mass is 16.3. The minimum absolute atomic E-state index is 0.840. The van der Waals surface area contributed by atoms with Gasteiger partial charge in [-0.15, -0.1) is 0 Å². The fraction of sp³-hybridized carbons (Fsp3) is 0. The fourth-order valence-corrected chi connectivity index (χ4v) is 6.68. The summed E-state index contributed by atoms with van der Waals surface area (Å²) in [7, 11) is 0. The van der Waals surface area contributed by atoms with Gasteiger partial charge in [-0.25, -0.2) is 0 Å². The molecule has 5 nitrogen and oxygen atoms in total. The zero-order valence-corrected chi connectivity index (χ0v) is 23.3. The van der Waals surface area contributed by atoms with Gasteiger partial charge in [0, 0.05) is 67.2 Å². The Morgan fingerprint density at radius 2 is 0.932 bits per heavy atom. The molecular weight excluding hydrogens is 544 g/mol. The van der Waals surface area contributed by atoms with Crippen LogP contribution >= 0.6 is 0 Å². The maximum absolute atomic E-state index is 6.42. The molecule has 0 aliphatic rings. The Kier molecular flexibility index (Phi) is 4.66. The molecule has 0 fully saturated rings. The second-order valence-electron chi connectivity index (χ2n) is 11.2. The molecule has 0 saturated carbocycles. The smallest absolute Gasteiger partial charge is 0.144 e. The van der Waals surface area contributed by atoms with Crippen molar-refractivity contribution in [3.8, 4) is 0 Å². The number of benzene rings is 6. The van der Waals surface area contributed by atoms with Crippen LogP contribution < -0.4 is 4.90 Å². The number of fused-ring (bicyclic) bond motifs is 11. The van der Waals surface area contributed by atoms with E-state index in [0.29, 0.717) is 0 Å². The lowest BCUT2D eigenvalue weighted by Crippen LogP contribution is -2.09. The quantitative estimate of drug-likeness (QED) is 0.213. The van der Waals surface area contributed by atoms with Crippen molar-refractivity contribution in [2.45, 2.75) is 0 Å². The van der Waals surface area contributed by atoms with Crippen LogP contribution in [0.5, 0.6) is 0 Å². The third kappa shape index (κ3) is 3.32. The highest BCUT2D eigenvalue weighted by Gasteiger charge is 2.19. The van der Waals surface area contributed by atoms with Gasteiger partial charge in [0.15, 0.2) is 0 Å². The molecule has 0 aliphatic heterocycles. The molecule has 0 aliphatic carbocycles. The Hall–Kier alpha value is -6.07. The molecule has 0 saturated heterocycles. The van der Waals surface area contributed by atoms with Crippen LogP contribution in [-0.2, 0) is 0 Å². The molecule has 44 heavy (non-hydrogen) atoms. The van der Waals surface area contributed by atoms with Crippen LogP contribution in [0.4, 0.5) is 17.1 Å². The van der Waals surface area contributed by atoms with Gasteiger partial charge in [0.05, 0.1) is 0 Å². The molecule has 5 heteroatoms. The van der Waals surface area contributed by atoms with Crippen LogP contribution in [0.1, 0.15) is 0 Å². The van der Waals surface area contributed by atoms with Crippen molar-refractivity contribution in [1.29, 1.82) is 0 Å². The number of para-hydroxylation sites is 2. The number of furan rings is 3. The van der Waals surface area contributed by atoms with Crippen LogP contribution in [0, 0.1) is 0 Å². The van der Waals surface area contributed by atoms with Crippen molar-refractivity contribution < 1.29 is 13.3 Å². The lowest BCUT2D eigenvalue weighted by Gasteiger charge is -2.25. The monoisotopic (exact) mass is 566 g/mol. The minimum Gasteiger partial charge on any atom is -0.456 e. The maximum Gasteiger partial charge on any atom is 0.144 e. The summed E-state index contributed by atoms with van der Waals surface area (Å²) >= 11 is 0. The van der Waals surface area contributed by atoms with Crippen LogP contribution in [-0.4, -0.2) is 4.98 Å². The highest BCUT2D eigenvalue weighted by molar-refractivity contribution is 6.16. The molecule has 10 rings (SSSR count). The average Bonchev–Trinajstić information content (AvgIpc) is 3.76. The summed E-state index contributed by atoms with van der Waals surface area (Å²) in [6, 6.07) is 41.9. The Bertz CT molecular complexity index is 2630.